The molecule has 0 saturated carbocycles. The number of imidazole rings is 1. The summed E-state index contributed by atoms with van der Waals surface area (Å²) in [6.45, 7) is 6.70. The lowest BCUT2D eigenvalue weighted by molar-refractivity contribution is -0.139. The highest BCUT2D eigenvalue weighted by Gasteiger charge is 2.41. The van der Waals surface area contributed by atoms with E-state index in [1.807, 2.05) is 19.2 Å². The molecule has 4 rings (SSSR count). The lowest BCUT2D eigenvalue weighted by atomic mass is 9.73. The van der Waals surface area contributed by atoms with E-state index in [9.17, 15) is 4.79 Å². The van der Waals surface area contributed by atoms with Crippen LogP contribution in [0.3, 0.4) is 0 Å². The maximum Gasteiger partial charge on any atom is 0.222 e. The highest BCUT2D eigenvalue weighted by Crippen LogP contribution is 2.39. The van der Waals surface area contributed by atoms with E-state index in [1.165, 1.54) is 12.8 Å². The molecule has 0 aliphatic carbocycles. The minimum Gasteiger partial charge on any atom is -0.465 e. The number of likely N-dealkylation sites (tertiary alicyclic amines) is 2. The molecular weight excluding hydrogens is 328 g/mol. The standard InChI is InChI=1S/C20H28N4O2/c1-16-3-4-18(26-16)12-23-9-2-7-20(13-23)8-5-19(25)24(14-20)10-6-17-11-21-15-22-17/h3-4,11,15H,2,5-10,12-14H2,1H3,(H,21,22)/t20-/m0/s1. The largest absolute Gasteiger partial charge is 0.465 e. The number of amides is 1. The molecule has 2 aliphatic rings. The second-order valence-corrected chi connectivity index (χ2v) is 7.97. The van der Waals surface area contributed by atoms with Gasteiger partial charge >= 0.3 is 0 Å². The number of piperidine rings is 2. The van der Waals surface area contributed by atoms with E-state index in [2.05, 4.69) is 25.8 Å². The maximum absolute atomic E-state index is 12.4. The Balaban J connectivity index is 1.38. The van der Waals surface area contributed by atoms with Crippen molar-refractivity contribution in [3.63, 3.8) is 0 Å². The third-order valence-electron chi connectivity index (χ3n) is 5.87. The molecule has 26 heavy (non-hydrogen) atoms. The molecule has 6 nitrogen and oxygen atoms in total. The molecule has 2 fully saturated rings. The van der Waals surface area contributed by atoms with E-state index < -0.39 is 0 Å². The molecule has 0 aromatic carbocycles. The van der Waals surface area contributed by atoms with E-state index in [0.717, 1.165) is 62.8 Å². The van der Waals surface area contributed by atoms with Crippen LogP contribution in [0.15, 0.2) is 29.1 Å². The topological polar surface area (TPSA) is 65.4 Å². The molecule has 4 heterocycles. The van der Waals surface area contributed by atoms with Crippen molar-refractivity contribution in [1.82, 2.24) is 19.8 Å². The van der Waals surface area contributed by atoms with Crippen LogP contribution in [0.25, 0.3) is 0 Å². The van der Waals surface area contributed by atoms with Gasteiger partial charge in [0.15, 0.2) is 0 Å². The number of nitrogens with one attached hydrogen (secondary N) is 1. The zero-order chi connectivity index (χ0) is 18.0. The monoisotopic (exact) mass is 356 g/mol. The number of hydrogen-bond donors (Lipinski definition) is 1. The van der Waals surface area contributed by atoms with Gasteiger partial charge in [0, 0.05) is 49.8 Å². The Labute approximate surface area is 154 Å². The fraction of sp³-hybridized carbons (Fsp3) is 0.600. The summed E-state index contributed by atoms with van der Waals surface area (Å²) in [4.78, 5) is 24.2. The van der Waals surface area contributed by atoms with Gasteiger partial charge in [-0.25, -0.2) is 4.98 Å². The van der Waals surface area contributed by atoms with Gasteiger partial charge in [0.05, 0.1) is 12.9 Å². The predicted octanol–water partition coefficient (Wildman–Crippen LogP) is 2.76. The van der Waals surface area contributed by atoms with E-state index in [-0.39, 0.29) is 5.41 Å². The summed E-state index contributed by atoms with van der Waals surface area (Å²) >= 11 is 0. The van der Waals surface area contributed by atoms with Crippen LogP contribution in [0.1, 0.15) is 42.9 Å². The van der Waals surface area contributed by atoms with Gasteiger partial charge in [-0.3, -0.25) is 9.69 Å². The number of aromatic nitrogens is 2. The minimum atomic E-state index is 0.238. The van der Waals surface area contributed by atoms with Crippen LogP contribution < -0.4 is 0 Å². The third-order valence-corrected chi connectivity index (χ3v) is 5.87. The number of carbonyl (C=O) groups is 1. The molecule has 0 unspecified atom stereocenters. The first kappa shape index (κ1) is 17.3. The first-order valence-electron chi connectivity index (χ1n) is 9.65. The predicted molar refractivity (Wildman–Crippen MR) is 98.5 cm³/mol. The molecular formula is C20H28N4O2. The van der Waals surface area contributed by atoms with Gasteiger partial charge in [-0.1, -0.05) is 0 Å². The number of furan rings is 1. The Kier molecular flexibility index (Phi) is 4.85. The summed E-state index contributed by atoms with van der Waals surface area (Å²) in [6.07, 6.45) is 8.49. The average molecular weight is 356 g/mol. The SMILES string of the molecule is Cc1ccc(CN2CCC[C@]3(CCC(=O)N(CCc4cnc[nH]4)C3)C2)o1. The summed E-state index contributed by atoms with van der Waals surface area (Å²) in [5.41, 5.74) is 1.33. The molecule has 2 aromatic heterocycles. The second kappa shape index (κ2) is 7.27. The number of carbonyl (C=O) groups excluding carboxylic acids is 1. The van der Waals surface area contributed by atoms with Crippen molar-refractivity contribution in [1.29, 1.82) is 0 Å². The Morgan fingerprint density at radius 2 is 2.23 bits per heavy atom. The molecule has 2 aromatic rings. The summed E-state index contributed by atoms with van der Waals surface area (Å²) in [5.74, 6) is 2.32. The smallest absolute Gasteiger partial charge is 0.222 e. The first-order valence-corrected chi connectivity index (χ1v) is 9.65. The molecule has 140 valence electrons. The molecule has 2 saturated heterocycles. The summed E-state index contributed by atoms with van der Waals surface area (Å²) < 4.78 is 5.76. The van der Waals surface area contributed by atoms with Gasteiger partial charge in [0.25, 0.3) is 0 Å². The van der Waals surface area contributed by atoms with Gasteiger partial charge < -0.3 is 14.3 Å². The van der Waals surface area contributed by atoms with E-state index in [0.29, 0.717) is 12.3 Å². The maximum atomic E-state index is 12.4. The first-order chi connectivity index (χ1) is 12.6. The van der Waals surface area contributed by atoms with Gasteiger partial charge in [0.1, 0.15) is 11.5 Å². The molecule has 1 spiro atoms. The Morgan fingerprint density at radius 1 is 1.31 bits per heavy atom. The molecule has 2 aliphatic heterocycles. The number of rotatable bonds is 5. The van der Waals surface area contributed by atoms with E-state index in [4.69, 9.17) is 4.42 Å². The van der Waals surface area contributed by atoms with Gasteiger partial charge in [-0.2, -0.15) is 0 Å². The van der Waals surface area contributed by atoms with Crippen molar-refractivity contribution in [3.05, 3.63) is 41.9 Å². The normalized spacial score (nSPS) is 24.5. The Hall–Kier alpha value is -2.08. The van der Waals surface area contributed by atoms with Crippen LogP contribution in [0.5, 0.6) is 0 Å². The third kappa shape index (κ3) is 3.85. The van der Waals surface area contributed by atoms with E-state index >= 15 is 0 Å². The van der Waals surface area contributed by atoms with Crippen LogP contribution in [0.2, 0.25) is 0 Å². The van der Waals surface area contributed by atoms with E-state index in [1.54, 1.807) is 6.33 Å². The molecule has 0 radical (unpaired) electrons. The van der Waals surface area contributed by atoms with Crippen LogP contribution in [0, 0.1) is 12.3 Å². The highest BCUT2D eigenvalue weighted by molar-refractivity contribution is 5.77. The van der Waals surface area contributed by atoms with Crippen molar-refractivity contribution in [3.8, 4) is 0 Å². The molecule has 0 bridgehead atoms. The lowest BCUT2D eigenvalue weighted by Crippen LogP contribution is -2.54. The van der Waals surface area contributed by atoms with Crippen LogP contribution >= 0.6 is 0 Å². The highest BCUT2D eigenvalue weighted by atomic mass is 16.3. The molecule has 1 atom stereocenters. The fourth-order valence-electron chi connectivity index (χ4n) is 4.55. The number of H-pyrrole nitrogens is 1. The molecule has 1 N–H and O–H groups in total. The summed E-state index contributed by atoms with van der Waals surface area (Å²) in [7, 11) is 0. The fourth-order valence-corrected chi connectivity index (χ4v) is 4.55. The number of aromatic amines is 1. The zero-order valence-electron chi connectivity index (χ0n) is 15.5. The number of aryl methyl sites for hydroxylation is 1. The number of nitrogens with zero attached hydrogens (tertiary/aromatic N) is 3. The Morgan fingerprint density at radius 3 is 3.00 bits per heavy atom. The summed E-state index contributed by atoms with van der Waals surface area (Å²) in [6, 6.07) is 4.11. The van der Waals surface area contributed by atoms with Gasteiger partial charge in [-0.15, -0.1) is 0 Å². The van der Waals surface area contributed by atoms with Crippen molar-refractivity contribution < 1.29 is 9.21 Å². The lowest BCUT2D eigenvalue weighted by Gasteiger charge is -2.48. The quantitative estimate of drug-likeness (QED) is 0.895. The average Bonchev–Trinajstić information content (AvgIpc) is 3.28. The molecule has 1 amide bonds. The summed E-state index contributed by atoms with van der Waals surface area (Å²) in [5, 5.41) is 0. The van der Waals surface area contributed by atoms with Gasteiger partial charge in [-0.05, 0) is 44.9 Å². The van der Waals surface area contributed by atoms with Crippen molar-refractivity contribution >= 4 is 5.91 Å². The van der Waals surface area contributed by atoms with Crippen molar-refractivity contribution in [2.45, 2.75) is 45.6 Å². The van der Waals surface area contributed by atoms with Crippen LogP contribution in [-0.4, -0.2) is 51.9 Å². The number of hydrogen-bond acceptors (Lipinski definition) is 4. The zero-order valence-corrected chi connectivity index (χ0v) is 15.5. The van der Waals surface area contributed by atoms with Crippen molar-refractivity contribution in [2.75, 3.05) is 26.2 Å². The Bertz CT molecular complexity index is 739. The second-order valence-electron chi connectivity index (χ2n) is 7.97. The minimum absolute atomic E-state index is 0.238. The van der Waals surface area contributed by atoms with Gasteiger partial charge in [0.2, 0.25) is 5.91 Å². The van der Waals surface area contributed by atoms with Crippen LogP contribution in [0.4, 0.5) is 0 Å². The van der Waals surface area contributed by atoms with Crippen LogP contribution in [-0.2, 0) is 17.8 Å². The molecule has 6 heteroatoms. The van der Waals surface area contributed by atoms with Crippen molar-refractivity contribution in [2.24, 2.45) is 5.41 Å².